The van der Waals surface area contributed by atoms with Crippen molar-refractivity contribution >= 4 is 23.9 Å². The quantitative estimate of drug-likeness (QED) is 0.268. The standard InChI is InChI=1S/C14H21N3O5/c1-9(2)22-14(20)12(6-3-10(18)7-16-15)17-13(19)8-21-11-4-5-11/h7,9,11-12H,3-6,8H2,1-2H3,(H,17,19)/t12-/m0/s1. The zero-order valence-electron chi connectivity index (χ0n) is 12.8. The number of hydrogen-bond donors (Lipinski definition) is 1. The summed E-state index contributed by atoms with van der Waals surface area (Å²) in [6.45, 7) is 3.26. The van der Waals surface area contributed by atoms with E-state index >= 15 is 0 Å². The lowest BCUT2D eigenvalue weighted by Crippen LogP contribution is -2.44. The summed E-state index contributed by atoms with van der Waals surface area (Å²) in [6.07, 6.45) is 2.46. The maximum atomic E-state index is 11.9. The lowest BCUT2D eigenvalue weighted by molar-refractivity contribution is -0.152. The van der Waals surface area contributed by atoms with Crippen LogP contribution in [-0.2, 0) is 23.9 Å². The number of hydrogen-bond acceptors (Lipinski definition) is 5. The Balaban J connectivity index is 2.50. The van der Waals surface area contributed by atoms with Crippen LogP contribution >= 0.6 is 0 Å². The van der Waals surface area contributed by atoms with Crippen LogP contribution in [0.5, 0.6) is 0 Å². The van der Waals surface area contributed by atoms with Gasteiger partial charge in [0.2, 0.25) is 11.7 Å². The number of rotatable bonds is 10. The molecule has 0 aromatic carbocycles. The number of Topliss-reactive ketones (excluding diaryl/α,β-unsaturated/α-hetero) is 1. The fourth-order valence-electron chi connectivity index (χ4n) is 1.64. The zero-order valence-corrected chi connectivity index (χ0v) is 12.8. The van der Waals surface area contributed by atoms with Gasteiger partial charge in [0, 0.05) is 6.42 Å². The van der Waals surface area contributed by atoms with Crippen LogP contribution in [0, 0.1) is 0 Å². The van der Waals surface area contributed by atoms with Crippen molar-refractivity contribution in [2.45, 2.75) is 57.8 Å². The van der Waals surface area contributed by atoms with Crippen molar-refractivity contribution in [1.82, 2.24) is 5.32 Å². The Morgan fingerprint density at radius 1 is 1.36 bits per heavy atom. The van der Waals surface area contributed by atoms with Crippen molar-refractivity contribution in [3.05, 3.63) is 5.53 Å². The van der Waals surface area contributed by atoms with Crippen LogP contribution in [0.1, 0.15) is 39.5 Å². The molecule has 0 radical (unpaired) electrons. The molecule has 0 unspecified atom stereocenters. The Morgan fingerprint density at radius 2 is 2.05 bits per heavy atom. The Hall–Kier alpha value is -2.05. The molecule has 22 heavy (non-hydrogen) atoms. The second-order valence-corrected chi connectivity index (χ2v) is 5.37. The van der Waals surface area contributed by atoms with Crippen molar-refractivity contribution in [2.75, 3.05) is 6.61 Å². The minimum absolute atomic E-state index is 0.0499. The van der Waals surface area contributed by atoms with E-state index in [4.69, 9.17) is 15.0 Å². The Kier molecular flexibility index (Phi) is 7.42. The second-order valence-electron chi connectivity index (χ2n) is 5.37. The smallest absolute Gasteiger partial charge is 0.328 e. The van der Waals surface area contributed by atoms with Gasteiger partial charge in [-0.15, -0.1) is 0 Å². The number of ether oxygens (including phenoxy) is 2. The lowest BCUT2D eigenvalue weighted by atomic mass is 10.1. The minimum atomic E-state index is -0.936. The highest BCUT2D eigenvalue weighted by Crippen LogP contribution is 2.22. The van der Waals surface area contributed by atoms with E-state index in [9.17, 15) is 14.4 Å². The van der Waals surface area contributed by atoms with E-state index in [0.717, 1.165) is 19.1 Å². The number of ketones is 1. The Morgan fingerprint density at radius 3 is 2.59 bits per heavy atom. The van der Waals surface area contributed by atoms with E-state index in [1.54, 1.807) is 13.8 Å². The molecule has 0 aliphatic heterocycles. The summed E-state index contributed by atoms with van der Waals surface area (Å²) in [5, 5.41) is 2.51. The van der Waals surface area contributed by atoms with Crippen LogP contribution < -0.4 is 5.32 Å². The third-order valence-corrected chi connectivity index (χ3v) is 2.83. The van der Waals surface area contributed by atoms with Gasteiger partial charge in [-0.25, -0.2) is 4.79 Å². The fraction of sp³-hybridized carbons (Fsp3) is 0.714. The summed E-state index contributed by atoms with van der Waals surface area (Å²) in [6, 6.07) is -0.936. The molecule has 1 N–H and O–H groups in total. The van der Waals surface area contributed by atoms with Crippen LogP contribution in [0.3, 0.4) is 0 Å². The maximum absolute atomic E-state index is 11.9. The monoisotopic (exact) mass is 311 g/mol. The van der Waals surface area contributed by atoms with Gasteiger partial charge in [-0.1, -0.05) is 0 Å². The van der Waals surface area contributed by atoms with Crippen LogP contribution in [0.25, 0.3) is 5.53 Å². The van der Waals surface area contributed by atoms with E-state index < -0.39 is 23.7 Å². The summed E-state index contributed by atoms with van der Waals surface area (Å²) < 4.78 is 10.3. The van der Waals surface area contributed by atoms with Crippen LogP contribution in [0.15, 0.2) is 0 Å². The first-order valence-electron chi connectivity index (χ1n) is 7.24. The maximum Gasteiger partial charge on any atom is 0.328 e. The molecule has 8 nitrogen and oxygen atoms in total. The molecular formula is C14H21N3O5. The highest BCUT2D eigenvalue weighted by Gasteiger charge is 2.26. The van der Waals surface area contributed by atoms with E-state index in [1.807, 2.05) is 0 Å². The van der Waals surface area contributed by atoms with Gasteiger partial charge in [-0.2, -0.15) is 4.79 Å². The molecule has 1 atom stereocenters. The summed E-state index contributed by atoms with van der Waals surface area (Å²) in [5.74, 6) is -1.49. The molecule has 0 aromatic rings. The molecule has 1 aliphatic rings. The van der Waals surface area contributed by atoms with Crippen molar-refractivity contribution in [2.24, 2.45) is 0 Å². The highest BCUT2D eigenvalue weighted by atomic mass is 16.5. The summed E-state index contributed by atoms with van der Waals surface area (Å²) in [4.78, 5) is 37.6. The van der Waals surface area contributed by atoms with Gasteiger partial charge >= 0.3 is 12.2 Å². The number of carbonyl (C=O) groups is 3. The fourth-order valence-corrected chi connectivity index (χ4v) is 1.64. The molecule has 8 heteroatoms. The van der Waals surface area contributed by atoms with Crippen LogP contribution in [-0.4, -0.2) is 53.5 Å². The average molecular weight is 311 g/mol. The van der Waals surface area contributed by atoms with Gasteiger partial charge in [0.15, 0.2) is 0 Å². The molecule has 0 heterocycles. The zero-order chi connectivity index (χ0) is 16.5. The number of nitrogens with one attached hydrogen (secondary N) is 1. The number of esters is 1. The molecule has 1 aliphatic carbocycles. The summed E-state index contributed by atoms with van der Waals surface area (Å²) >= 11 is 0. The van der Waals surface area contributed by atoms with Crippen molar-refractivity contribution in [3.8, 4) is 0 Å². The molecule has 1 rings (SSSR count). The van der Waals surface area contributed by atoms with E-state index in [1.165, 1.54) is 0 Å². The molecular weight excluding hydrogens is 290 g/mol. The largest absolute Gasteiger partial charge is 0.461 e. The summed E-state index contributed by atoms with van der Waals surface area (Å²) in [5.41, 5.74) is 8.27. The molecule has 0 saturated heterocycles. The highest BCUT2D eigenvalue weighted by molar-refractivity contribution is 6.25. The molecule has 1 saturated carbocycles. The topological polar surface area (TPSA) is 118 Å². The second kappa shape index (κ2) is 9.07. The first kappa shape index (κ1) is 18.0. The molecule has 0 aromatic heterocycles. The molecule has 0 spiro atoms. The van der Waals surface area contributed by atoms with Crippen molar-refractivity contribution in [3.63, 3.8) is 0 Å². The van der Waals surface area contributed by atoms with Gasteiger partial charge in [0.05, 0.1) is 12.2 Å². The van der Waals surface area contributed by atoms with E-state index in [0.29, 0.717) is 0 Å². The average Bonchev–Trinajstić information content (AvgIpc) is 3.24. The van der Waals surface area contributed by atoms with Gasteiger partial charge in [0.1, 0.15) is 12.6 Å². The predicted octanol–water partition coefficient (Wildman–Crippen LogP) is 0.252. The molecule has 1 fully saturated rings. The molecule has 1 amide bonds. The van der Waals surface area contributed by atoms with Crippen molar-refractivity contribution in [1.29, 1.82) is 0 Å². The van der Waals surface area contributed by atoms with Gasteiger partial charge < -0.3 is 20.3 Å². The number of nitrogens with zero attached hydrogens (tertiary/aromatic N) is 2. The Bertz CT molecular complexity index is 467. The minimum Gasteiger partial charge on any atom is -0.461 e. The van der Waals surface area contributed by atoms with E-state index in [-0.39, 0.29) is 31.7 Å². The first-order valence-corrected chi connectivity index (χ1v) is 7.24. The van der Waals surface area contributed by atoms with Gasteiger partial charge in [0.25, 0.3) is 0 Å². The van der Waals surface area contributed by atoms with E-state index in [2.05, 4.69) is 10.1 Å². The summed E-state index contributed by atoms with van der Waals surface area (Å²) in [7, 11) is 0. The molecule has 122 valence electrons. The van der Waals surface area contributed by atoms with Gasteiger partial charge in [-0.3, -0.25) is 9.59 Å². The van der Waals surface area contributed by atoms with Gasteiger partial charge in [-0.05, 0) is 33.1 Å². The first-order chi connectivity index (χ1) is 10.4. The van der Waals surface area contributed by atoms with Crippen LogP contribution in [0.4, 0.5) is 0 Å². The van der Waals surface area contributed by atoms with Crippen LogP contribution in [0.2, 0.25) is 0 Å². The SMILES string of the molecule is CC(C)OC(=O)[C@H](CCC(=O)C=[N+]=[N-])NC(=O)COC1CC1. The Labute approximate surface area is 128 Å². The third-order valence-electron chi connectivity index (χ3n) is 2.83. The normalized spacial score (nSPS) is 14.9. The number of amides is 1. The number of carbonyl (C=O) groups excluding carboxylic acids is 3. The molecule has 0 bridgehead atoms. The lowest BCUT2D eigenvalue weighted by Gasteiger charge is -2.18. The third kappa shape index (κ3) is 7.66. The van der Waals surface area contributed by atoms with Crippen molar-refractivity contribution < 1.29 is 28.6 Å². The predicted molar refractivity (Wildman–Crippen MR) is 76.1 cm³/mol.